The molecular weight excluding hydrogens is 386 g/mol. The summed E-state index contributed by atoms with van der Waals surface area (Å²) in [6, 6.07) is -0.875. The Balaban J connectivity index is 1.45. The lowest BCUT2D eigenvalue weighted by Gasteiger charge is -2.14. The first-order chi connectivity index (χ1) is 13.9. The van der Waals surface area contributed by atoms with E-state index >= 15 is 0 Å². The van der Waals surface area contributed by atoms with Crippen LogP contribution in [-0.2, 0) is 28.6 Å². The van der Waals surface area contributed by atoms with Crippen molar-refractivity contribution in [1.29, 1.82) is 0 Å². The molecule has 1 amide bonds. The van der Waals surface area contributed by atoms with Gasteiger partial charge in [-0.05, 0) is 38.6 Å². The molecule has 0 aromatic rings. The number of aliphatic hydroxyl groups is 2. The molecule has 0 saturated carbocycles. The van der Waals surface area contributed by atoms with Gasteiger partial charge in [0.05, 0.1) is 12.6 Å². The van der Waals surface area contributed by atoms with Gasteiger partial charge in [0, 0.05) is 13.0 Å². The number of hydrogen-bond donors (Lipinski definition) is 5. The van der Waals surface area contributed by atoms with Crippen LogP contribution < -0.4 is 16.4 Å². The van der Waals surface area contributed by atoms with Crippen LogP contribution in [0, 0.1) is 0 Å². The number of ether oxygens (including phenoxy) is 3. The number of carbonyl (C=O) groups is 3. The molecule has 0 aliphatic carbocycles. The molecule has 11 nitrogen and oxygen atoms in total. The van der Waals surface area contributed by atoms with Crippen molar-refractivity contribution in [3.05, 3.63) is 0 Å². The Morgan fingerprint density at radius 1 is 1.34 bits per heavy atom. The highest BCUT2D eigenvalue weighted by atomic mass is 16.7. The Morgan fingerprint density at radius 3 is 2.79 bits per heavy atom. The molecule has 0 aromatic heterocycles. The SMILES string of the molecule is NC(CCCCNC(=O)C1CCCN1)C(=O)OCOCC[C@H]1OC(=O)[C@H](O)[C@@H]1O. The third-order valence-corrected chi connectivity index (χ3v) is 4.97. The maximum atomic E-state index is 11.8. The minimum Gasteiger partial charge on any atom is -0.457 e. The number of aliphatic hydroxyl groups excluding tert-OH is 2. The van der Waals surface area contributed by atoms with Gasteiger partial charge < -0.3 is 40.8 Å². The molecule has 2 heterocycles. The van der Waals surface area contributed by atoms with Gasteiger partial charge >= 0.3 is 11.9 Å². The lowest BCUT2D eigenvalue weighted by Crippen LogP contribution is -2.40. The van der Waals surface area contributed by atoms with Gasteiger partial charge in [0.25, 0.3) is 0 Å². The molecule has 0 bridgehead atoms. The Labute approximate surface area is 169 Å². The average Bonchev–Trinajstić information content (AvgIpc) is 3.32. The van der Waals surface area contributed by atoms with Gasteiger partial charge in [0.1, 0.15) is 18.2 Å². The van der Waals surface area contributed by atoms with E-state index in [-0.39, 0.29) is 31.8 Å². The van der Waals surface area contributed by atoms with Gasteiger partial charge in [-0.2, -0.15) is 0 Å². The summed E-state index contributed by atoms with van der Waals surface area (Å²) in [7, 11) is 0. The molecule has 29 heavy (non-hydrogen) atoms. The summed E-state index contributed by atoms with van der Waals surface area (Å²) in [5.74, 6) is -1.45. The number of nitrogens with one attached hydrogen (secondary N) is 2. The number of amides is 1. The van der Waals surface area contributed by atoms with E-state index in [0.29, 0.717) is 25.8 Å². The minimum absolute atomic E-state index is 0.0118. The van der Waals surface area contributed by atoms with Gasteiger partial charge in [-0.15, -0.1) is 0 Å². The summed E-state index contributed by atoms with van der Waals surface area (Å²) >= 11 is 0. The van der Waals surface area contributed by atoms with E-state index in [1.807, 2.05) is 0 Å². The van der Waals surface area contributed by atoms with Crippen molar-refractivity contribution >= 4 is 17.8 Å². The normalized spacial score (nSPS) is 27.5. The summed E-state index contributed by atoms with van der Waals surface area (Å²) in [4.78, 5) is 34.7. The van der Waals surface area contributed by atoms with Crippen molar-refractivity contribution in [2.45, 2.75) is 68.9 Å². The van der Waals surface area contributed by atoms with E-state index in [4.69, 9.17) is 19.9 Å². The van der Waals surface area contributed by atoms with Crippen LogP contribution in [0.3, 0.4) is 0 Å². The molecule has 5 atom stereocenters. The van der Waals surface area contributed by atoms with Crippen LogP contribution in [0.5, 0.6) is 0 Å². The molecule has 166 valence electrons. The summed E-state index contributed by atoms with van der Waals surface area (Å²) < 4.78 is 14.8. The molecule has 2 fully saturated rings. The zero-order valence-electron chi connectivity index (χ0n) is 16.4. The topological polar surface area (TPSA) is 169 Å². The highest BCUT2D eigenvalue weighted by Gasteiger charge is 2.42. The number of carbonyl (C=O) groups excluding carboxylic acids is 3. The number of nitrogens with two attached hydrogens (primary N) is 1. The van der Waals surface area contributed by atoms with E-state index < -0.39 is 36.3 Å². The van der Waals surface area contributed by atoms with Crippen molar-refractivity contribution in [2.75, 3.05) is 26.5 Å². The van der Waals surface area contributed by atoms with Crippen molar-refractivity contribution in [1.82, 2.24) is 10.6 Å². The van der Waals surface area contributed by atoms with Gasteiger partial charge in [0.2, 0.25) is 5.91 Å². The van der Waals surface area contributed by atoms with Crippen molar-refractivity contribution in [2.24, 2.45) is 5.73 Å². The molecule has 0 radical (unpaired) electrons. The molecule has 6 N–H and O–H groups in total. The maximum absolute atomic E-state index is 11.8. The first-order valence-electron chi connectivity index (χ1n) is 9.98. The standard InChI is InChI=1S/C18H31N3O8/c19-11(4-1-2-7-21-16(24)12-5-3-8-20-12)17(25)28-10-27-9-6-13-14(22)15(23)18(26)29-13/h11-15,20,22-23H,1-10,19H2,(H,21,24)/t11?,12?,13-,14-,15-/m1/s1. The molecule has 11 heteroatoms. The van der Waals surface area contributed by atoms with Crippen LogP contribution in [0.25, 0.3) is 0 Å². The van der Waals surface area contributed by atoms with E-state index in [0.717, 1.165) is 19.4 Å². The lowest BCUT2D eigenvalue weighted by molar-refractivity contribution is -0.159. The average molecular weight is 417 g/mol. The molecule has 2 saturated heterocycles. The van der Waals surface area contributed by atoms with Gasteiger partial charge in [-0.1, -0.05) is 0 Å². The lowest BCUT2D eigenvalue weighted by atomic mass is 10.1. The number of rotatable bonds is 12. The number of esters is 2. The number of hydrogen-bond acceptors (Lipinski definition) is 10. The molecule has 2 unspecified atom stereocenters. The number of unbranched alkanes of at least 4 members (excludes halogenated alkanes) is 1. The Kier molecular flexibility index (Phi) is 9.74. The summed E-state index contributed by atoms with van der Waals surface area (Å²) in [6.07, 6.45) is 0.169. The summed E-state index contributed by atoms with van der Waals surface area (Å²) in [6.45, 7) is 1.17. The van der Waals surface area contributed by atoms with E-state index in [1.54, 1.807) is 0 Å². The largest absolute Gasteiger partial charge is 0.457 e. The minimum atomic E-state index is -1.54. The van der Waals surface area contributed by atoms with E-state index in [9.17, 15) is 24.6 Å². The van der Waals surface area contributed by atoms with Gasteiger partial charge in [0.15, 0.2) is 12.9 Å². The third-order valence-electron chi connectivity index (χ3n) is 4.97. The Hall–Kier alpha value is -1.79. The fourth-order valence-electron chi connectivity index (χ4n) is 3.18. The number of cyclic esters (lactones) is 1. The summed E-state index contributed by atoms with van der Waals surface area (Å²) in [5, 5.41) is 24.8. The van der Waals surface area contributed by atoms with Crippen LogP contribution >= 0.6 is 0 Å². The molecule has 2 rings (SSSR count). The second kappa shape index (κ2) is 12.0. The highest BCUT2D eigenvalue weighted by molar-refractivity contribution is 5.82. The molecule has 0 spiro atoms. The first-order valence-corrected chi connectivity index (χ1v) is 9.98. The van der Waals surface area contributed by atoms with Gasteiger partial charge in [-0.25, -0.2) is 4.79 Å². The quantitative estimate of drug-likeness (QED) is 0.135. The zero-order chi connectivity index (χ0) is 21.2. The Bertz CT molecular complexity index is 555. The Morgan fingerprint density at radius 2 is 2.14 bits per heavy atom. The smallest absolute Gasteiger partial charge is 0.338 e. The monoisotopic (exact) mass is 417 g/mol. The van der Waals surface area contributed by atoms with Crippen LogP contribution in [0.2, 0.25) is 0 Å². The van der Waals surface area contributed by atoms with Gasteiger partial charge in [-0.3, -0.25) is 9.59 Å². The first kappa shape index (κ1) is 23.5. The molecule has 2 aliphatic heterocycles. The van der Waals surface area contributed by atoms with Crippen LogP contribution in [0.1, 0.15) is 38.5 Å². The predicted molar refractivity (Wildman–Crippen MR) is 99.3 cm³/mol. The molecular formula is C18H31N3O8. The highest BCUT2D eigenvalue weighted by Crippen LogP contribution is 2.18. The summed E-state index contributed by atoms with van der Waals surface area (Å²) in [5.41, 5.74) is 5.78. The fourth-order valence-corrected chi connectivity index (χ4v) is 3.18. The third kappa shape index (κ3) is 7.52. The van der Waals surface area contributed by atoms with Crippen molar-refractivity contribution in [3.63, 3.8) is 0 Å². The second-order valence-electron chi connectivity index (χ2n) is 7.23. The van der Waals surface area contributed by atoms with Crippen LogP contribution in [-0.4, -0.2) is 84.9 Å². The zero-order valence-corrected chi connectivity index (χ0v) is 16.4. The van der Waals surface area contributed by atoms with Crippen molar-refractivity contribution < 1.29 is 38.8 Å². The van der Waals surface area contributed by atoms with Crippen LogP contribution in [0.15, 0.2) is 0 Å². The predicted octanol–water partition coefficient (Wildman–Crippen LogP) is -2.09. The molecule has 0 aromatic carbocycles. The van der Waals surface area contributed by atoms with E-state index in [2.05, 4.69) is 10.6 Å². The second-order valence-corrected chi connectivity index (χ2v) is 7.23. The van der Waals surface area contributed by atoms with E-state index in [1.165, 1.54) is 0 Å². The van der Waals surface area contributed by atoms with Crippen LogP contribution in [0.4, 0.5) is 0 Å². The maximum Gasteiger partial charge on any atom is 0.338 e. The van der Waals surface area contributed by atoms with Crippen molar-refractivity contribution in [3.8, 4) is 0 Å². The molecule has 2 aliphatic rings. The fraction of sp³-hybridized carbons (Fsp3) is 0.833.